The lowest BCUT2D eigenvalue weighted by molar-refractivity contribution is -0.496. The summed E-state index contributed by atoms with van der Waals surface area (Å²) >= 11 is 0. The van der Waals surface area contributed by atoms with E-state index in [9.17, 15) is 19.7 Å². The fourth-order valence-corrected chi connectivity index (χ4v) is 2.69. The van der Waals surface area contributed by atoms with Crippen LogP contribution >= 0.6 is 0 Å². The minimum absolute atomic E-state index is 0.0614. The Balaban J connectivity index is 1.58. The highest BCUT2D eigenvalue weighted by atomic mass is 16.6. The molecule has 2 N–H and O–H groups in total. The highest BCUT2D eigenvalue weighted by Crippen LogP contribution is 2.16. The zero-order valence-electron chi connectivity index (χ0n) is 16.9. The summed E-state index contributed by atoms with van der Waals surface area (Å²) in [7, 11) is 0. The van der Waals surface area contributed by atoms with E-state index in [0.29, 0.717) is 28.1 Å². The summed E-state index contributed by atoms with van der Waals surface area (Å²) < 4.78 is 5.11. The average molecular weight is 429 g/mol. The predicted molar refractivity (Wildman–Crippen MR) is 119 cm³/mol. The van der Waals surface area contributed by atoms with Crippen LogP contribution in [-0.4, -0.2) is 23.5 Å². The van der Waals surface area contributed by atoms with Gasteiger partial charge in [-0.3, -0.25) is 14.9 Å². The molecule has 0 spiro atoms. The molecule has 8 nitrogen and oxygen atoms in total. The molecule has 0 fully saturated rings. The predicted octanol–water partition coefficient (Wildman–Crippen LogP) is 3.86. The van der Waals surface area contributed by atoms with Gasteiger partial charge in [-0.25, -0.2) is 4.79 Å². The molecule has 0 aliphatic carbocycles. The van der Waals surface area contributed by atoms with Crippen molar-refractivity contribution in [1.82, 2.24) is 5.32 Å². The highest BCUT2D eigenvalue weighted by molar-refractivity contribution is 6.04. The Morgan fingerprint density at radius 1 is 0.938 bits per heavy atom. The number of carbonyl (C=O) groups is 2. The fourth-order valence-electron chi connectivity index (χ4n) is 2.69. The summed E-state index contributed by atoms with van der Waals surface area (Å²) in [6, 6.07) is 21.8. The van der Waals surface area contributed by atoms with Crippen molar-refractivity contribution in [3.05, 3.63) is 106 Å². The molecule has 32 heavy (non-hydrogen) atoms. The number of nitro groups is 1. The molecule has 3 aromatic rings. The third-order valence-corrected chi connectivity index (χ3v) is 4.20. The largest absolute Gasteiger partial charge is 0.413 e. The third-order valence-electron chi connectivity index (χ3n) is 4.20. The lowest BCUT2D eigenvalue weighted by Gasteiger charge is -2.08. The molecule has 0 aliphatic rings. The number of hydrogen-bond donors (Lipinski definition) is 2. The Labute approximate surface area is 184 Å². The minimum Gasteiger partial charge on any atom is -0.410 e. The van der Waals surface area contributed by atoms with E-state index in [1.165, 1.54) is 12.1 Å². The third kappa shape index (κ3) is 6.71. The number of nitrogens with zero attached hydrogens (tertiary/aromatic N) is 1. The van der Waals surface area contributed by atoms with Crippen molar-refractivity contribution in [3.8, 4) is 17.6 Å². The van der Waals surface area contributed by atoms with Crippen molar-refractivity contribution in [2.75, 3.05) is 11.9 Å². The van der Waals surface area contributed by atoms with Crippen LogP contribution in [0.4, 0.5) is 10.5 Å². The van der Waals surface area contributed by atoms with E-state index < -0.39 is 11.0 Å². The molecular formula is C24H19N3O5. The first kappa shape index (κ1) is 22.1. The first-order valence-electron chi connectivity index (χ1n) is 9.62. The van der Waals surface area contributed by atoms with Crippen molar-refractivity contribution in [2.24, 2.45) is 0 Å². The first-order chi connectivity index (χ1) is 15.5. The zero-order valence-corrected chi connectivity index (χ0v) is 16.9. The summed E-state index contributed by atoms with van der Waals surface area (Å²) in [5, 5.41) is 15.9. The van der Waals surface area contributed by atoms with E-state index in [1.54, 1.807) is 60.7 Å². The molecule has 3 rings (SSSR count). The van der Waals surface area contributed by atoms with Crippen LogP contribution in [0, 0.1) is 22.0 Å². The van der Waals surface area contributed by atoms with Gasteiger partial charge in [0.2, 0.25) is 6.54 Å². The van der Waals surface area contributed by atoms with Gasteiger partial charge in [0.05, 0.1) is 12.2 Å². The monoisotopic (exact) mass is 429 g/mol. The molecule has 0 bridgehead atoms. The molecule has 0 unspecified atom stereocenters. The second-order valence-electron chi connectivity index (χ2n) is 6.55. The number of benzene rings is 3. The van der Waals surface area contributed by atoms with Crippen molar-refractivity contribution in [1.29, 1.82) is 0 Å². The summed E-state index contributed by atoms with van der Waals surface area (Å²) in [6.07, 6.45) is -0.618. The molecule has 0 radical (unpaired) electrons. The van der Waals surface area contributed by atoms with E-state index >= 15 is 0 Å². The summed E-state index contributed by atoms with van der Waals surface area (Å²) in [5.41, 5.74) is 1.96. The summed E-state index contributed by atoms with van der Waals surface area (Å²) in [5.74, 6) is 5.79. The fraction of sp³-hybridized carbons (Fsp3) is 0.0833. The van der Waals surface area contributed by atoms with Crippen molar-refractivity contribution in [2.45, 2.75) is 6.54 Å². The van der Waals surface area contributed by atoms with Crippen LogP contribution in [0.5, 0.6) is 5.75 Å². The second-order valence-corrected chi connectivity index (χ2v) is 6.55. The van der Waals surface area contributed by atoms with Gasteiger partial charge in [0.25, 0.3) is 5.91 Å². The minimum atomic E-state index is -0.618. The van der Waals surface area contributed by atoms with Gasteiger partial charge in [-0.1, -0.05) is 54.3 Å². The highest BCUT2D eigenvalue weighted by Gasteiger charge is 2.09. The Morgan fingerprint density at radius 3 is 2.34 bits per heavy atom. The smallest absolute Gasteiger partial charge is 0.410 e. The molecule has 2 amide bonds. The molecule has 0 aromatic heterocycles. The second kappa shape index (κ2) is 10.9. The van der Waals surface area contributed by atoms with Gasteiger partial charge in [0.1, 0.15) is 5.75 Å². The van der Waals surface area contributed by atoms with Crippen LogP contribution in [0.15, 0.2) is 78.9 Å². The van der Waals surface area contributed by atoms with E-state index in [-0.39, 0.29) is 19.0 Å². The number of nitrogens with one attached hydrogen (secondary N) is 2. The molecule has 0 saturated heterocycles. The van der Waals surface area contributed by atoms with Gasteiger partial charge >= 0.3 is 6.09 Å². The van der Waals surface area contributed by atoms with Gasteiger partial charge in [0, 0.05) is 21.6 Å². The van der Waals surface area contributed by atoms with Crippen molar-refractivity contribution < 1.29 is 19.2 Å². The molecule has 0 aliphatic heterocycles. The molecule has 160 valence electrons. The van der Waals surface area contributed by atoms with Gasteiger partial charge in [-0.15, -0.1) is 0 Å². The maximum Gasteiger partial charge on any atom is 0.413 e. The van der Waals surface area contributed by atoms with Crippen LogP contribution in [0.25, 0.3) is 0 Å². The van der Waals surface area contributed by atoms with Crippen molar-refractivity contribution in [3.63, 3.8) is 0 Å². The number of anilines is 1. The van der Waals surface area contributed by atoms with E-state index in [2.05, 4.69) is 22.5 Å². The van der Waals surface area contributed by atoms with Gasteiger partial charge < -0.3 is 15.4 Å². The van der Waals surface area contributed by atoms with Gasteiger partial charge in [0.15, 0.2) is 0 Å². The molecule has 8 heteroatoms. The average Bonchev–Trinajstić information content (AvgIpc) is 2.78. The Hall–Kier alpha value is -4.64. The molecule has 0 saturated carbocycles. The zero-order chi connectivity index (χ0) is 22.8. The van der Waals surface area contributed by atoms with Crippen LogP contribution in [-0.2, 0) is 6.54 Å². The first-order valence-corrected chi connectivity index (χ1v) is 9.62. The van der Waals surface area contributed by atoms with Crippen LogP contribution in [0.1, 0.15) is 21.5 Å². The van der Waals surface area contributed by atoms with Crippen LogP contribution < -0.4 is 15.4 Å². The molecule has 3 aromatic carbocycles. The number of ether oxygens (including phenoxy) is 1. The summed E-state index contributed by atoms with van der Waals surface area (Å²) in [4.78, 5) is 34.5. The SMILES string of the molecule is O=C(NCC#Cc1ccccc1NC(=O)c1ccc(C[N+](=O)[O-])cc1)Oc1ccccc1. The van der Waals surface area contributed by atoms with Crippen molar-refractivity contribution >= 4 is 17.7 Å². The Morgan fingerprint density at radius 2 is 1.62 bits per heavy atom. The number of para-hydroxylation sites is 2. The van der Waals surface area contributed by atoms with E-state index in [1.807, 2.05) is 6.07 Å². The maximum atomic E-state index is 12.5. The standard InChI is InChI=1S/C24H19N3O5/c28-23(20-14-12-18(13-15-20)17-27(30)31)26-22-11-5-4-7-19(22)8-6-16-25-24(29)32-21-9-2-1-3-10-21/h1-5,7,9-15H,16-17H2,(H,25,29)(H,26,28). The van der Waals surface area contributed by atoms with E-state index in [4.69, 9.17) is 4.74 Å². The Kier molecular flexibility index (Phi) is 7.54. The lowest BCUT2D eigenvalue weighted by Crippen LogP contribution is -2.27. The topological polar surface area (TPSA) is 111 Å². The number of hydrogen-bond acceptors (Lipinski definition) is 5. The van der Waals surface area contributed by atoms with Crippen LogP contribution in [0.2, 0.25) is 0 Å². The molecule has 0 heterocycles. The molecular weight excluding hydrogens is 410 g/mol. The van der Waals surface area contributed by atoms with Gasteiger partial charge in [-0.2, -0.15) is 0 Å². The number of rotatable bonds is 6. The molecule has 0 atom stereocenters. The van der Waals surface area contributed by atoms with Crippen LogP contribution in [0.3, 0.4) is 0 Å². The summed E-state index contributed by atoms with van der Waals surface area (Å²) in [6.45, 7) is -0.237. The maximum absolute atomic E-state index is 12.5. The normalized spacial score (nSPS) is 9.75. The quantitative estimate of drug-likeness (QED) is 0.351. The van der Waals surface area contributed by atoms with Gasteiger partial charge in [-0.05, 0) is 36.4 Å². The Bertz CT molecular complexity index is 1170. The number of carbonyl (C=O) groups excluding carboxylic acids is 2. The lowest BCUT2D eigenvalue weighted by atomic mass is 10.1. The van der Waals surface area contributed by atoms with E-state index in [0.717, 1.165) is 0 Å². The number of amides is 2.